The number of hydrogen-bond donors (Lipinski definition) is 2. The smallest absolute Gasteiger partial charge is 0.303 e. The average molecular weight is 213 g/mol. The molecule has 0 saturated heterocycles. The zero-order valence-electron chi connectivity index (χ0n) is 9.72. The molecule has 0 unspecified atom stereocenters. The van der Waals surface area contributed by atoms with Crippen molar-refractivity contribution in [2.24, 2.45) is 0 Å². The molecule has 0 amide bonds. The zero-order valence-corrected chi connectivity index (χ0v) is 9.72. The van der Waals surface area contributed by atoms with E-state index in [-0.39, 0.29) is 0 Å². The van der Waals surface area contributed by atoms with Crippen molar-refractivity contribution >= 4 is 5.97 Å². The topological polar surface area (TPSA) is 49.3 Å². The highest BCUT2D eigenvalue weighted by molar-refractivity contribution is 5.66. The lowest BCUT2D eigenvalue weighted by Crippen LogP contribution is -2.39. The molecule has 1 fully saturated rings. The van der Waals surface area contributed by atoms with Crippen LogP contribution in [0.2, 0.25) is 0 Å². The number of carboxylic acids is 1. The standard InChI is InChI=1S/C12H23NO2/c1-12(8-4-5-9-12)13-10-6-2-3-7-11(14)15/h13H,2-10H2,1H3,(H,14,15). The molecule has 0 aromatic rings. The molecule has 3 nitrogen and oxygen atoms in total. The van der Waals surface area contributed by atoms with Gasteiger partial charge in [0.25, 0.3) is 0 Å². The van der Waals surface area contributed by atoms with Crippen LogP contribution in [0.3, 0.4) is 0 Å². The molecule has 0 bridgehead atoms. The first-order chi connectivity index (χ1) is 7.12. The second-order valence-electron chi connectivity index (χ2n) is 4.90. The normalized spacial score (nSPS) is 19.3. The van der Waals surface area contributed by atoms with Crippen LogP contribution in [0.4, 0.5) is 0 Å². The van der Waals surface area contributed by atoms with Crippen LogP contribution in [0.1, 0.15) is 58.3 Å². The first kappa shape index (κ1) is 12.5. The van der Waals surface area contributed by atoms with Crippen molar-refractivity contribution in [2.75, 3.05) is 6.54 Å². The molecule has 0 atom stereocenters. The number of hydrogen-bond acceptors (Lipinski definition) is 2. The van der Waals surface area contributed by atoms with Crippen LogP contribution in [-0.2, 0) is 4.79 Å². The van der Waals surface area contributed by atoms with Crippen LogP contribution in [-0.4, -0.2) is 23.2 Å². The quantitative estimate of drug-likeness (QED) is 0.639. The lowest BCUT2D eigenvalue weighted by Gasteiger charge is -2.25. The molecule has 1 aliphatic rings. The third-order valence-electron chi connectivity index (χ3n) is 3.33. The van der Waals surface area contributed by atoms with Gasteiger partial charge in [0.1, 0.15) is 0 Å². The van der Waals surface area contributed by atoms with E-state index >= 15 is 0 Å². The minimum atomic E-state index is -0.675. The highest BCUT2D eigenvalue weighted by atomic mass is 16.4. The summed E-state index contributed by atoms with van der Waals surface area (Å²) in [6, 6.07) is 0. The number of rotatable bonds is 7. The first-order valence-electron chi connectivity index (χ1n) is 6.09. The van der Waals surface area contributed by atoms with Crippen LogP contribution in [0, 0.1) is 0 Å². The second-order valence-corrected chi connectivity index (χ2v) is 4.90. The van der Waals surface area contributed by atoms with E-state index in [4.69, 9.17) is 5.11 Å². The maximum Gasteiger partial charge on any atom is 0.303 e. The fourth-order valence-corrected chi connectivity index (χ4v) is 2.30. The summed E-state index contributed by atoms with van der Waals surface area (Å²) < 4.78 is 0. The molecule has 1 rings (SSSR count). The fraction of sp³-hybridized carbons (Fsp3) is 0.917. The van der Waals surface area contributed by atoms with Gasteiger partial charge in [0, 0.05) is 12.0 Å². The SMILES string of the molecule is CC1(NCCCCCC(=O)O)CCCC1. The Bertz CT molecular complexity index is 198. The fourth-order valence-electron chi connectivity index (χ4n) is 2.30. The number of aliphatic carboxylic acids is 1. The average Bonchev–Trinajstić information content (AvgIpc) is 2.58. The van der Waals surface area contributed by atoms with E-state index in [2.05, 4.69) is 12.2 Å². The Morgan fingerprint density at radius 1 is 1.27 bits per heavy atom. The summed E-state index contributed by atoms with van der Waals surface area (Å²) in [6.07, 6.45) is 8.54. The first-order valence-corrected chi connectivity index (χ1v) is 6.09. The third-order valence-corrected chi connectivity index (χ3v) is 3.33. The van der Waals surface area contributed by atoms with Gasteiger partial charge in [-0.2, -0.15) is 0 Å². The Hall–Kier alpha value is -0.570. The Morgan fingerprint density at radius 2 is 1.93 bits per heavy atom. The molecule has 15 heavy (non-hydrogen) atoms. The zero-order chi connectivity index (χ0) is 11.1. The molecule has 2 N–H and O–H groups in total. The summed E-state index contributed by atoms with van der Waals surface area (Å²) in [5.74, 6) is -0.675. The van der Waals surface area contributed by atoms with Gasteiger partial charge in [-0.25, -0.2) is 0 Å². The highest BCUT2D eigenvalue weighted by Crippen LogP contribution is 2.28. The lowest BCUT2D eigenvalue weighted by molar-refractivity contribution is -0.137. The van der Waals surface area contributed by atoms with Gasteiger partial charge in [0.05, 0.1) is 0 Å². The monoisotopic (exact) mass is 213 g/mol. The van der Waals surface area contributed by atoms with Crippen LogP contribution >= 0.6 is 0 Å². The van der Waals surface area contributed by atoms with Crippen LogP contribution in [0.5, 0.6) is 0 Å². The predicted octanol–water partition coefficient (Wildman–Crippen LogP) is 2.55. The molecule has 0 spiro atoms. The molecule has 1 saturated carbocycles. The molecule has 0 aromatic heterocycles. The van der Waals surface area contributed by atoms with E-state index < -0.39 is 5.97 Å². The van der Waals surface area contributed by atoms with Crippen molar-refractivity contribution in [2.45, 2.75) is 63.8 Å². The maximum absolute atomic E-state index is 10.3. The van der Waals surface area contributed by atoms with Crippen molar-refractivity contribution in [1.82, 2.24) is 5.32 Å². The molecular formula is C12H23NO2. The molecular weight excluding hydrogens is 190 g/mol. The number of carboxylic acid groups (broad SMARTS) is 1. The van der Waals surface area contributed by atoms with Crippen molar-refractivity contribution in [1.29, 1.82) is 0 Å². The van der Waals surface area contributed by atoms with Gasteiger partial charge in [-0.15, -0.1) is 0 Å². The summed E-state index contributed by atoms with van der Waals surface area (Å²) in [7, 11) is 0. The van der Waals surface area contributed by atoms with Crippen molar-refractivity contribution < 1.29 is 9.90 Å². The molecule has 0 aliphatic heterocycles. The third kappa shape index (κ3) is 5.17. The van der Waals surface area contributed by atoms with Crippen molar-refractivity contribution in [3.63, 3.8) is 0 Å². The summed E-state index contributed by atoms with van der Waals surface area (Å²) in [5, 5.41) is 12.1. The van der Waals surface area contributed by atoms with Gasteiger partial charge in [0.15, 0.2) is 0 Å². The Labute approximate surface area is 92.3 Å². The van der Waals surface area contributed by atoms with E-state index in [0.717, 1.165) is 25.8 Å². The predicted molar refractivity (Wildman–Crippen MR) is 61.0 cm³/mol. The van der Waals surface area contributed by atoms with E-state index in [1.165, 1.54) is 25.7 Å². The van der Waals surface area contributed by atoms with E-state index in [1.807, 2.05) is 0 Å². The second kappa shape index (κ2) is 6.11. The highest BCUT2D eigenvalue weighted by Gasteiger charge is 2.27. The Kier molecular flexibility index (Phi) is 5.09. The number of nitrogens with one attached hydrogen (secondary N) is 1. The van der Waals surface area contributed by atoms with Crippen molar-refractivity contribution in [3.8, 4) is 0 Å². The number of carbonyl (C=O) groups is 1. The van der Waals surface area contributed by atoms with Crippen LogP contribution < -0.4 is 5.32 Å². The molecule has 88 valence electrons. The lowest BCUT2D eigenvalue weighted by atomic mass is 10.0. The summed E-state index contributed by atoms with van der Waals surface area (Å²) in [4.78, 5) is 10.3. The van der Waals surface area contributed by atoms with Gasteiger partial charge in [-0.3, -0.25) is 4.79 Å². The van der Waals surface area contributed by atoms with E-state index in [9.17, 15) is 4.79 Å². The molecule has 0 radical (unpaired) electrons. The maximum atomic E-state index is 10.3. The van der Waals surface area contributed by atoms with Crippen LogP contribution in [0.25, 0.3) is 0 Å². The molecule has 1 aliphatic carbocycles. The summed E-state index contributed by atoms with van der Waals surface area (Å²) in [5.41, 5.74) is 0.368. The van der Waals surface area contributed by atoms with Crippen molar-refractivity contribution in [3.05, 3.63) is 0 Å². The largest absolute Gasteiger partial charge is 0.481 e. The summed E-state index contributed by atoms with van der Waals surface area (Å²) >= 11 is 0. The number of unbranched alkanes of at least 4 members (excludes halogenated alkanes) is 2. The summed E-state index contributed by atoms with van der Waals surface area (Å²) in [6.45, 7) is 3.34. The molecule has 3 heteroatoms. The van der Waals surface area contributed by atoms with Gasteiger partial charge in [-0.1, -0.05) is 19.3 Å². The Balaban J connectivity index is 1.94. The van der Waals surface area contributed by atoms with Gasteiger partial charge in [0.2, 0.25) is 0 Å². The van der Waals surface area contributed by atoms with Gasteiger partial charge < -0.3 is 10.4 Å². The van der Waals surface area contributed by atoms with E-state index in [1.54, 1.807) is 0 Å². The molecule has 0 heterocycles. The minimum Gasteiger partial charge on any atom is -0.481 e. The minimum absolute atomic E-state index is 0.317. The van der Waals surface area contributed by atoms with Crippen LogP contribution in [0.15, 0.2) is 0 Å². The van der Waals surface area contributed by atoms with E-state index in [0.29, 0.717) is 12.0 Å². The van der Waals surface area contributed by atoms with Gasteiger partial charge in [-0.05, 0) is 39.2 Å². The molecule has 0 aromatic carbocycles. The van der Waals surface area contributed by atoms with Gasteiger partial charge >= 0.3 is 5.97 Å². The Morgan fingerprint density at radius 3 is 2.53 bits per heavy atom.